The predicted molar refractivity (Wildman–Crippen MR) is 62.9 cm³/mol. The predicted octanol–water partition coefficient (Wildman–Crippen LogP) is 2.32. The summed E-state index contributed by atoms with van der Waals surface area (Å²) in [7, 11) is 0. The Bertz CT molecular complexity index is 406. The molecule has 6 heteroatoms. The largest absolute Gasteiger partial charge is 0.488 e. The maximum atomic E-state index is 10.6. The highest BCUT2D eigenvalue weighted by Crippen LogP contribution is 2.28. The molecule has 0 amide bonds. The molecule has 4 nitrogen and oxygen atoms in total. The van der Waals surface area contributed by atoms with Crippen LogP contribution in [0, 0.1) is 0 Å². The van der Waals surface area contributed by atoms with Crippen LogP contribution in [0.25, 0.3) is 0 Å². The van der Waals surface area contributed by atoms with Gasteiger partial charge in [0.1, 0.15) is 12.4 Å². The average Bonchev–Trinajstić information content (AvgIpc) is 2.16. The minimum absolute atomic E-state index is 0.325. The molecule has 2 N–H and O–H groups in total. The number of aliphatic carboxylic acids is 1. The normalized spacial score (nSPS) is 14.2. The summed E-state index contributed by atoms with van der Waals surface area (Å²) >= 11 is 9.08. The zero-order chi connectivity index (χ0) is 12.3. The summed E-state index contributed by atoms with van der Waals surface area (Å²) in [5.41, 5.74) is -1.93. The van der Waals surface area contributed by atoms with Gasteiger partial charge in [0.2, 0.25) is 0 Å². The Labute approximate surface area is 106 Å². The number of halogens is 2. The minimum Gasteiger partial charge on any atom is -0.488 e. The van der Waals surface area contributed by atoms with Gasteiger partial charge in [0.15, 0.2) is 5.60 Å². The van der Waals surface area contributed by atoms with Crippen molar-refractivity contribution < 1.29 is 19.7 Å². The number of benzene rings is 1. The molecule has 1 atom stereocenters. The van der Waals surface area contributed by atoms with E-state index in [0.29, 0.717) is 10.8 Å². The van der Waals surface area contributed by atoms with Gasteiger partial charge in [-0.1, -0.05) is 27.5 Å². The van der Waals surface area contributed by atoms with Gasteiger partial charge >= 0.3 is 5.97 Å². The van der Waals surface area contributed by atoms with Gasteiger partial charge in [-0.05, 0) is 25.1 Å². The van der Waals surface area contributed by atoms with Crippen molar-refractivity contribution in [2.45, 2.75) is 12.5 Å². The Kier molecular flexibility index (Phi) is 4.18. The van der Waals surface area contributed by atoms with Crippen LogP contribution < -0.4 is 4.74 Å². The molecule has 1 unspecified atom stereocenters. The number of hydrogen-bond acceptors (Lipinski definition) is 3. The van der Waals surface area contributed by atoms with Crippen molar-refractivity contribution in [3.63, 3.8) is 0 Å². The van der Waals surface area contributed by atoms with Gasteiger partial charge in [-0.2, -0.15) is 0 Å². The van der Waals surface area contributed by atoms with Crippen LogP contribution >= 0.6 is 27.5 Å². The average molecular weight is 310 g/mol. The van der Waals surface area contributed by atoms with Gasteiger partial charge in [0.25, 0.3) is 0 Å². The standard InChI is InChI=1S/C10H10BrClO4/c1-10(15,9(13)14)5-16-8-3-2-6(11)4-7(8)12/h2-4,15H,5H2,1H3,(H,13,14). The maximum Gasteiger partial charge on any atom is 0.339 e. The molecule has 0 saturated carbocycles. The molecule has 0 bridgehead atoms. The van der Waals surface area contributed by atoms with Gasteiger partial charge in [-0.3, -0.25) is 0 Å². The van der Waals surface area contributed by atoms with Crippen LogP contribution in [0.4, 0.5) is 0 Å². The molecule has 1 rings (SSSR count). The molecule has 0 aliphatic carbocycles. The van der Waals surface area contributed by atoms with Crippen molar-refractivity contribution >= 4 is 33.5 Å². The summed E-state index contributed by atoms with van der Waals surface area (Å²) in [4.78, 5) is 10.6. The van der Waals surface area contributed by atoms with Crippen molar-refractivity contribution in [1.82, 2.24) is 0 Å². The molecule has 16 heavy (non-hydrogen) atoms. The van der Waals surface area contributed by atoms with Crippen molar-refractivity contribution in [3.8, 4) is 5.75 Å². The quantitative estimate of drug-likeness (QED) is 0.896. The summed E-state index contributed by atoms with van der Waals surface area (Å²) in [5.74, 6) is -1.02. The Morgan fingerprint density at radius 1 is 1.62 bits per heavy atom. The Morgan fingerprint density at radius 2 is 2.25 bits per heavy atom. The van der Waals surface area contributed by atoms with Crippen LogP contribution in [-0.4, -0.2) is 28.4 Å². The van der Waals surface area contributed by atoms with E-state index in [2.05, 4.69) is 15.9 Å². The Hall–Kier alpha value is -0.780. The number of rotatable bonds is 4. The monoisotopic (exact) mass is 308 g/mol. The van der Waals surface area contributed by atoms with Gasteiger partial charge in [0.05, 0.1) is 5.02 Å². The minimum atomic E-state index is -1.93. The summed E-state index contributed by atoms with van der Waals surface area (Å²) in [5, 5.41) is 18.4. The maximum absolute atomic E-state index is 10.6. The van der Waals surface area contributed by atoms with Gasteiger partial charge in [-0.15, -0.1) is 0 Å². The molecule has 0 saturated heterocycles. The molecule has 0 aliphatic rings. The number of carbonyl (C=O) groups is 1. The van der Waals surface area contributed by atoms with Crippen LogP contribution in [0.5, 0.6) is 5.75 Å². The van der Waals surface area contributed by atoms with Crippen LogP contribution in [0.2, 0.25) is 5.02 Å². The van der Waals surface area contributed by atoms with Gasteiger partial charge in [0, 0.05) is 4.47 Å². The fourth-order valence-electron chi connectivity index (χ4n) is 0.872. The van der Waals surface area contributed by atoms with Crippen LogP contribution in [-0.2, 0) is 4.79 Å². The Balaban J connectivity index is 2.72. The number of ether oxygens (including phenoxy) is 1. The third-order valence-electron chi connectivity index (χ3n) is 1.86. The highest BCUT2D eigenvalue weighted by Gasteiger charge is 2.31. The number of aliphatic hydroxyl groups is 1. The Morgan fingerprint density at radius 3 is 2.75 bits per heavy atom. The van der Waals surface area contributed by atoms with E-state index in [4.69, 9.17) is 21.4 Å². The molecular weight excluding hydrogens is 299 g/mol. The summed E-state index contributed by atoms with van der Waals surface area (Å²) in [6.45, 7) is 0.784. The van der Waals surface area contributed by atoms with E-state index >= 15 is 0 Å². The summed E-state index contributed by atoms with van der Waals surface area (Å²) in [6, 6.07) is 4.91. The first kappa shape index (κ1) is 13.3. The van der Waals surface area contributed by atoms with E-state index in [9.17, 15) is 9.90 Å². The first-order chi connectivity index (χ1) is 7.33. The third kappa shape index (κ3) is 3.37. The fourth-order valence-corrected chi connectivity index (χ4v) is 1.60. The van der Waals surface area contributed by atoms with E-state index in [1.807, 2.05) is 0 Å². The van der Waals surface area contributed by atoms with Crippen LogP contribution in [0.1, 0.15) is 6.92 Å². The second kappa shape index (κ2) is 5.03. The number of hydrogen-bond donors (Lipinski definition) is 2. The topological polar surface area (TPSA) is 66.8 Å². The zero-order valence-electron chi connectivity index (χ0n) is 8.41. The molecule has 0 aromatic heterocycles. The lowest BCUT2D eigenvalue weighted by Crippen LogP contribution is -2.41. The molecule has 1 aromatic rings. The first-order valence-corrected chi connectivity index (χ1v) is 5.53. The second-order valence-corrected chi connectivity index (χ2v) is 4.77. The second-order valence-electron chi connectivity index (χ2n) is 3.44. The van der Waals surface area contributed by atoms with E-state index in [1.54, 1.807) is 18.2 Å². The zero-order valence-corrected chi connectivity index (χ0v) is 10.7. The summed E-state index contributed by atoms with van der Waals surface area (Å²) in [6.07, 6.45) is 0. The van der Waals surface area contributed by atoms with Crippen LogP contribution in [0.3, 0.4) is 0 Å². The lowest BCUT2D eigenvalue weighted by Gasteiger charge is -2.18. The van der Waals surface area contributed by atoms with Crippen molar-refractivity contribution in [2.75, 3.05) is 6.61 Å². The lowest BCUT2D eigenvalue weighted by atomic mass is 10.1. The van der Waals surface area contributed by atoms with Gasteiger partial charge in [-0.25, -0.2) is 4.79 Å². The van der Waals surface area contributed by atoms with Crippen molar-refractivity contribution in [2.24, 2.45) is 0 Å². The van der Waals surface area contributed by atoms with Gasteiger partial charge < -0.3 is 14.9 Å². The van der Waals surface area contributed by atoms with Crippen molar-refractivity contribution in [1.29, 1.82) is 0 Å². The number of carboxylic acid groups (broad SMARTS) is 1. The van der Waals surface area contributed by atoms with Crippen LogP contribution in [0.15, 0.2) is 22.7 Å². The summed E-state index contributed by atoms with van der Waals surface area (Å²) < 4.78 is 5.92. The molecule has 0 radical (unpaired) electrons. The molecular formula is C10H10BrClO4. The number of carboxylic acids is 1. The van der Waals surface area contributed by atoms with E-state index in [1.165, 1.54) is 0 Å². The van der Waals surface area contributed by atoms with Crippen molar-refractivity contribution in [3.05, 3.63) is 27.7 Å². The molecule has 0 aliphatic heterocycles. The van der Waals surface area contributed by atoms with E-state index in [0.717, 1.165) is 11.4 Å². The molecule has 0 heterocycles. The SMILES string of the molecule is CC(O)(COc1ccc(Br)cc1Cl)C(=O)O. The van der Waals surface area contributed by atoms with E-state index in [-0.39, 0.29) is 6.61 Å². The molecule has 0 spiro atoms. The smallest absolute Gasteiger partial charge is 0.339 e. The molecule has 88 valence electrons. The van der Waals surface area contributed by atoms with E-state index < -0.39 is 11.6 Å². The molecule has 1 aromatic carbocycles. The fraction of sp³-hybridized carbons (Fsp3) is 0.300. The first-order valence-electron chi connectivity index (χ1n) is 4.36. The lowest BCUT2D eigenvalue weighted by molar-refractivity contribution is -0.159. The third-order valence-corrected chi connectivity index (χ3v) is 2.65. The highest BCUT2D eigenvalue weighted by molar-refractivity contribution is 9.10. The molecule has 0 fully saturated rings. The highest BCUT2D eigenvalue weighted by atomic mass is 79.9.